The number of benzene rings is 1. The zero-order chi connectivity index (χ0) is 12.7. The molecular formula is C16H24O. The summed E-state index contributed by atoms with van der Waals surface area (Å²) in [6, 6.07) is 6.20. The summed E-state index contributed by atoms with van der Waals surface area (Å²) in [5.74, 6) is 0.302. The number of aryl methyl sites for hydroxylation is 2. The van der Waals surface area contributed by atoms with Crippen molar-refractivity contribution >= 4 is 5.78 Å². The van der Waals surface area contributed by atoms with E-state index in [1.165, 1.54) is 17.5 Å². The molecule has 0 aliphatic heterocycles. The first kappa shape index (κ1) is 14.0. The highest BCUT2D eigenvalue weighted by Gasteiger charge is 2.07. The lowest BCUT2D eigenvalue weighted by atomic mass is 9.96. The molecule has 1 aromatic rings. The number of Topliss-reactive ketones (excluding diaryl/α,β-unsaturated/α-hetero) is 1. The minimum atomic E-state index is 0.302. The van der Waals surface area contributed by atoms with Crippen LogP contribution in [-0.2, 0) is 12.8 Å². The molecule has 0 radical (unpaired) electrons. The van der Waals surface area contributed by atoms with Crippen LogP contribution in [0.3, 0.4) is 0 Å². The van der Waals surface area contributed by atoms with E-state index in [0.717, 1.165) is 31.2 Å². The van der Waals surface area contributed by atoms with Gasteiger partial charge in [0, 0.05) is 12.0 Å². The van der Waals surface area contributed by atoms with E-state index in [0.29, 0.717) is 12.2 Å². The quantitative estimate of drug-likeness (QED) is 0.497. The monoisotopic (exact) mass is 232 g/mol. The summed E-state index contributed by atoms with van der Waals surface area (Å²) < 4.78 is 0. The maximum Gasteiger partial charge on any atom is 0.162 e. The van der Waals surface area contributed by atoms with Gasteiger partial charge in [-0.3, -0.25) is 4.79 Å². The minimum Gasteiger partial charge on any atom is -0.294 e. The molecule has 1 nitrogen and oxygen atoms in total. The maximum atomic E-state index is 12.0. The third kappa shape index (κ3) is 3.99. The molecule has 0 fully saturated rings. The lowest BCUT2D eigenvalue weighted by Gasteiger charge is -2.08. The van der Waals surface area contributed by atoms with Crippen molar-refractivity contribution in [2.75, 3.05) is 0 Å². The number of unbranched alkanes of at least 4 members (excludes halogenated alkanes) is 2. The Balaban J connectivity index is 2.74. The zero-order valence-corrected chi connectivity index (χ0v) is 11.4. The van der Waals surface area contributed by atoms with Crippen LogP contribution < -0.4 is 0 Å². The van der Waals surface area contributed by atoms with Gasteiger partial charge in [-0.15, -0.1) is 0 Å². The molecule has 0 saturated carbocycles. The molecule has 0 unspecified atom stereocenters. The number of carbonyl (C=O) groups is 1. The summed E-state index contributed by atoms with van der Waals surface area (Å²) in [5.41, 5.74) is 3.60. The standard InChI is InChI=1S/C16H24O/c1-4-7-8-9-16(17)15-11-10-13(5-2)14(6-3)12-15/h10-12H,4-9H2,1-3H3. The summed E-state index contributed by atoms with van der Waals surface area (Å²) in [4.78, 5) is 12.0. The molecular weight excluding hydrogens is 208 g/mol. The topological polar surface area (TPSA) is 17.1 Å². The second-order valence-corrected chi connectivity index (χ2v) is 4.57. The highest BCUT2D eigenvalue weighted by Crippen LogP contribution is 2.16. The lowest BCUT2D eigenvalue weighted by molar-refractivity contribution is 0.0979. The Morgan fingerprint density at radius 1 is 1.00 bits per heavy atom. The summed E-state index contributed by atoms with van der Waals surface area (Å²) in [6.07, 6.45) is 6.10. The molecule has 1 rings (SSSR count). The first-order valence-electron chi connectivity index (χ1n) is 6.87. The third-order valence-electron chi connectivity index (χ3n) is 3.30. The van der Waals surface area contributed by atoms with Crippen LogP contribution in [0.1, 0.15) is 67.9 Å². The van der Waals surface area contributed by atoms with Crippen LogP contribution in [0, 0.1) is 0 Å². The smallest absolute Gasteiger partial charge is 0.162 e. The molecule has 0 N–H and O–H groups in total. The van der Waals surface area contributed by atoms with Crippen molar-refractivity contribution in [3.8, 4) is 0 Å². The molecule has 0 saturated heterocycles. The second-order valence-electron chi connectivity index (χ2n) is 4.57. The second kappa shape index (κ2) is 7.26. The number of ketones is 1. The number of carbonyl (C=O) groups excluding carboxylic acids is 1. The average molecular weight is 232 g/mol. The van der Waals surface area contributed by atoms with Crippen molar-refractivity contribution in [1.29, 1.82) is 0 Å². The first-order chi connectivity index (χ1) is 8.22. The van der Waals surface area contributed by atoms with E-state index in [-0.39, 0.29) is 0 Å². The molecule has 0 aromatic heterocycles. The van der Waals surface area contributed by atoms with Crippen molar-refractivity contribution < 1.29 is 4.79 Å². The average Bonchev–Trinajstić information content (AvgIpc) is 2.38. The van der Waals surface area contributed by atoms with E-state index in [1.807, 2.05) is 6.07 Å². The lowest BCUT2D eigenvalue weighted by Crippen LogP contribution is -2.01. The number of rotatable bonds is 7. The van der Waals surface area contributed by atoms with Crippen LogP contribution in [0.2, 0.25) is 0 Å². The summed E-state index contributed by atoms with van der Waals surface area (Å²) in [5, 5.41) is 0. The van der Waals surface area contributed by atoms with Crippen LogP contribution in [0.15, 0.2) is 18.2 Å². The van der Waals surface area contributed by atoms with Gasteiger partial charge in [-0.1, -0.05) is 45.7 Å². The van der Waals surface area contributed by atoms with Gasteiger partial charge < -0.3 is 0 Å². The van der Waals surface area contributed by atoms with Crippen molar-refractivity contribution in [3.05, 3.63) is 34.9 Å². The molecule has 0 bridgehead atoms. The van der Waals surface area contributed by atoms with Gasteiger partial charge in [0.2, 0.25) is 0 Å². The zero-order valence-electron chi connectivity index (χ0n) is 11.4. The minimum absolute atomic E-state index is 0.302. The molecule has 1 heteroatoms. The van der Waals surface area contributed by atoms with Crippen LogP contribution >= 0.6 is 0 Å². The van der Waals surface area contributed by atoms with Crippen molar-refractivity contribution in [1.82, 2.24) is 0 Å². The molecule has 0 amide bonds. The molecule has 0 aliphatic rings. The Kier molecular flexibility index (Phi) is 5.96. The number of hydrogen-bond donors (Lipinski definition) is 0. The predicted octanol–water partition coefficient (Wildman–Crippen LogP) is 4.57. The summed E-state index contributed by atoms with van der Waals surface area (Å²) >= 11 is 0. The fraction of sp³-hybridized carbons (Fsp3) is 0.562. The largest absolute Gasteiger partial charge is 0.294 e. The van der Waals surface area contributed by atoms with Gasteiger partial charge in [0.05, 0.1) is 0 Å². The number of hydrogen-bond acceptors (Lipinski definition) is 1. The summed E-state index contributed by atoms with van der Waals surface area (Å²) in [6.45, 7) is 6.48. The van der Waals surface area contributed by atoms with Crippen molar-refractivity contribution in [2.24, 2.45) is 0 Å². The fourth-order valence-electron chi connectivity index (χ4n) is 2.15. The van der Waals surface area contributed by atoms with Gasteiger partial charge in [0.1, 0.15) is 0 Å². The molecule has 0 atom stereocenters. The third-order valence-corrected chi connectivity index (χ3v) is 3.30. The van der Waals surface area contributed by atoms with Gasteiger partial charge in [-0.05, 0) is 36.5 Å². The van der Waals surface area contributed by atoms with E-state index in [4.69, 9.17) is 0 Å². The van der Waals surface area contributed by atoms with E-state index in [9.17, 15) is 4.79 Å². The maximum absolute atomic E-state index is 12.0. The Morgan fingerprint density at radius 3 is 2.29 bits per heavy atom. The molecule has 94 valence electrons. The van der Waals surface area contributed by atoms with E-state index < -0.39 is 0 Å². The highest BCUT2D eigenvalue weighted by molar-refractivity contribution is 5.96. The Labute approximate surface area is 105 Å². The molecule has 0 spiro atoms. The van der Waals surface area contributed by atoms with Gasteiger partial charge in [-0.25, -0.2) is 0 Å². The predicted molar refractivity (Wildman–Crippen MR) is 73.7 cm³/mol. The van der Waals surface area contributed by atoms with E-state index >= 15 is 0 Å². The van der Waals surface area contributed by atoms with Crippen LogP contribution in [0.5, 0.6) is 0 Å². The van der Waals surface area contributed by atoms with Crippen LogP contribution in [0.25, 0.3) is 0 Å². The Bertz CT molecular complexity index is 366. The van der Waals surface area contributed by atoms with E-state index in [2.05, 4.69) is 32.9 Å². The SMILES string of the molecule is CCCCCC(=O)c1ccc(CC)c(CC)c1. The van der Waals surface area contributed by atoms with Gasteiger partial charge >= 0.3 is 0 Å². The molecule has 1 aromatic carbocycles. The molecule has 17 heavy (non-hydrogen) atoms. The van der Waals surface area contributed by atoms with E-state index in [1.54, 1.807) is 0 Å². The van der Waals surface area contributed by atoms with Gasteiger partial charge in [-0.2, -0.15) is 0 Å². The van der Waals surface area contributed by atoms with Crippen LogP contribution in [0.4, 0.5) is 0 Å². The van der Waals surface area contributed by atoms with Crippen molar-refractivity contribution in [2.45, 2.75) is 59.3 Å². The highest BCUT2D eigenvalue weighted by atomic mass is 16.1. The molecule has 0 aliphatic carbocycles. The molecule has 0 heterocycles. The first-order valence-corrected chi connectivity index (χ1v) is 6.87. The fourth-order valence-corrected chi connectivity index (χ4v) is 2.15. The normalized spacial score (nSPS) is 10.5. The Hall–Kier alpha value is -1.11. The Morgan fingerprint density at radius 2 is 1.71 bits per heavy atom. The summed E-state index contributed by atoms with van der Waals surface area (Å²) in [7, 11) is 0. The van der Waals surface area contributed by atoms with Gasteiger partial charge in [0.25, 0.3) is 0 Å². The van der Waals surface area contributed by atoms with Crippen LogP contribution in [-0.4, -0.2) is 5.78 Å². The van der Waals surface area contributed by atoms with Gasteiger partial charge in [0.15, 0.2) is 5.78 Å². The van der Waals surface area contributed by atoms with Crippen molar-refractivity contribution in [3.63, 3.8) is 0 Å².